The Morgan fingerprint density at radius 2 is 1.91 bits per heavy atom. The fourth-order valence-electron chi connectivity index (χ4n) is 4.09. The molecule has 1 aliphatic carbocycles. The number of aliphatic hydroxyl groups is 2. The molecule has 0 saturated carbocycles. The zero-order valence-electron chi connectivity index (χ0n) is 17.6. The molecule has 1 atom stereocenters. The van der Waals surface area contributed by atoms with Gasteiger partial charge in [0.15, 0.2) is 5.60 Å². The minimum Gasteiger partial charge on any atom is -0.393 e. The molecule has 0 aliphatic heterocycles. The summed E-state index contributed by atoms with van der Waals surface area (Å²) in [5, 5.41) is 22.8. The minimum atomic E-state index is -3.98. The van der Waals surface area contributed by atoms with Gasteiger partial charge in [0, 0.05) is 22.0 Å². The van der Waals surface area contributed by atoms with Crippen molar-refractivity contribution in [3.05, 3.63) is 62.6 Å². The van der Waals surface area contributed by atoms with Crippen molar-refractivity contribution in [3.63, 3.8) is 0 Å². The van der Waals surface area contributed by atoms with Gasteiger partial charge in [-0.05, 0) is 56.4 Å². The van der Waals surface area contributed by atoms with Crippen LogP contribution >= 0.6 is 15.9 Å². The molecular weight excluding hydrogens is 487 g/mol. The molecule has 3 aromatic rings. The molecule has 0 saturated heterocycles. The molecule has 4 rings (SSSR count). The minimum absolute atomic E-state index is 0.0134. The van der Waals surface area contributed by atoms with Gasteiger partial charge >= 0.3 is 5.92 Å². The Morgan fingerprint density at radius 3 is 2.62 bits per heavy atom. The summed E-state index contributed by atoms with van der Waals surface area (Å²) in [6, 6.07) is 5.53. The third kappa shape index (κ3) is 3.76. The average Bonchev–Trinajstić information content (AvgIpc) is 3.24. The van der Waals surface area contributed by atoms with E-state index in [0.717, 1.165) is 47.6 Å². The van der Waals surface area contributed by atoms with Crippen molar-refractivity contribution in [1.29, 1.82) is 0 Å². The van der Waals surface area contributed by atoms with Crippen molar-refractivity contribution in [3.8, 4) is 0 Å². The summed E-state index contributed by atoms with van der Waals surface area (Å²) in [6.07, 6.45) is 2.93. The van der Waals surface area contributed by atoms with Crippen molar-refractivity contribution in [2.75, 3.05) is 11.9 Å². The second-order valence-corrected chi connectivity index (χ2v) is 9.18. The van der Waals surface area contributed by atoms with Crippen molar-refractivity contribution in [2.24, 2.45) is 0 Å². The van der Waals surface area contributed by atoms with Gasteiger partial charge in [-0.2, -0.15) is 8.78 Å². The molecule has 32 heavy (non-hydrogen) atoms. The molecule has 5 nitrogen and oxygen atoms in total. The van der Waals surface area contributed by atoms with Crippen molar-refractivity contribution in [1.82, 2.24) is 9.97 Å². The number of anilines is 1. The van der Waals surface area contributed by atoms with Gasteiger partial charge in [-0.25, -0.2) is 14.4 Å². The first-order valence-electron chi connectivity index (χ1n) is 10.3. The number of aliphatic hydroxyl groups excluding tert-OH is 1. The molecule has 1 unspecified atom stereocenters. The molecular formula is C23H23BrF3N3O2. The van der Waals surface area contributed by atoms with E-state index in [1.54, 1.807) is 6.92 Å². The molecule has 0 amide bonds. The largest absolute Gasteiger partial charge is 0.393 e. The molecule has 0 fully saturated rings. The second kappa shape index (κ2) is 8.28. The van der Waals surface area contributed by atoms with Crippen molar-refractivity contribution >= 4 is 32.7 Å². The van der Waals surface area contributed by atoms with E-state index >= 15 is 4.39 Å². The quantitative estimate of drug-likeness (QED) is 0.445. The highest BCUT2D eigenvalue weighted by Crippen LogP contribution is 2.41. The highest BCUT2D eigenvalue weighted by atomic mass is 79.9. The summed E-state index contributed by atoms with van der Waals surface area (Å²) in [6.45, 7) is 1.22. The first-order chi connectivity index (χ1) is 15.1. The van der Waals surface area contributed by atoms with Crippen LogP contribution in [0, 0.1) is 12.7 Å². The highest BCUT2D eigenvalue weighted by Gasteiger charge is 2.51. The van der Waals surface area contributed by atoms with Crippen LogP contribution in [0.2, 0.25) is 0 Å². The second-order valence-electron chi connectivity index (χ2n) is 8.32. The van der Waals surface area contributed by atoms with E-state index in [4.69, 9.17) is 5.11 Å². The van der Waals surface area contributed by atoms with Crippen LogP contribution < -0.4 is 5.32 Å². The average molecular weight is 510 g/mol. The predicted octanol–water partition coefficient (Wildman–Crippen LogP) is 4.78. The number of aromatic nitrogens is 2. The van der Waals surface area contributed by atoms with E-state index in [0.29, 0.717) is 11.6 Å². The van der Waals surface area contributed by atoms with Gasteiger partial charge in [0.25, 0.3) is 0 Å². The Balaban J connectivity index is 1.70. The third-order valence-electron chi connectivity index (χ3n) is 5.97. The summed E-state index contributed by atoms with van der Waals surface area (Å²) < 4.78 is 45.3. The van der Waals surface area contributed by atoms with Crippen LogP contribution in [-0.2, 0) is 25.3 Å². The van der Waals surface area contributed by atoms with E-state index in [9.17, 15) is 13.9 Å². The maximum Gasteiger partial charge on any atom is 0.306 e. The molecule has 1 aromatic heterocycles. The number of alkyl halides is 2. The first kappa shape index (κ1) is 22.9. The Bertz CT molecular complexity index is 1200. The Labute approximate surface area is 191 Å². The number of halogens is 4. The Kier molecular flexibility index (Phi) is 5.94. The zero-order valence-corrected chi connectivity index (χ0v) is 19.2. The van der Waals surface area contributed by atoms with E-state index in [2.05, 4.69) is 31.2 Å². The fraction of sp³-hybridized carbons (Fsp3) is 0.391. The summed E-state index contributed by atoms with van der Waals surface area (Å²) in [5.74, 6) is -4.08. The number of nitrogens with zero attached hydrogens (tertiary/aromatic N) is 2. The van der Waals surface area contributed by atoms with E-state index < -0.39 is 29.5 Å². The number of fused-ring (bicyclic) bond motifs is 3. The Morgan fingerprint density at radius 1 is 1.19 bits per heavy atom. The van der Waals surface area contributed by atoms with Gasteiger partial charge in [0.05, 0.1) is 17.7 Å². The topological polar surface area (TPSA) is 78.3 Å². The number of nitrogens with one attached hydrogen (secondary N) is 1. The van der Waals surface area contributed by atoms with Gasteiger partial charge < -0.3 is 15.5 Å². The molecule has 0 spiro atoms. The van der Waals surface area contributed by atoms with E-state index in [-0.39, 0.29) is 12.1 Å². The Hall–Kier alpha value is -2.23. The van der Waals surface area contributed by atoms with Crippen LogP contribution in [0.1, 0.15) is 41.4 Å². The third-order valence-corrected chi connectivity index (χ3v) is 6.68. The SMILES string of the molecule is Cc1nc(NCc2cccc(C(F)(F)C(C)(O)CO)c2F)c2cc(Br)c3c(c2n1)CCC3. The molecule has 1 heterocycles. The first-order valence-corrected chi connectivity index (χ1v) is 11.1. The maximum atomic E-state index is 15.0. The number of hydrogen-bond donors (Lipinski definition) is 3. The standard InChI is InChI=1S/C23H23BrF3N3O2/c1-12-29-20-15-7-4-6-14(15)18(24)9-16(20)21(30-12)28-10-13-5-3-8-17(19(13)25)23(26,27)22(2,32)11-31/h3,5,8-9,31-32H,4,6-7,10-11H2,1-2H3,(H,28,29,30). The highest BCUT2D eigenvalue weighted by molar-refractivity contribution is 9.10. The maximum absolute atomic E-state index is 15.0. The van der Waals surface area contributed by atoms with Crippen LogP contribution in [0.3, 0.4) is 0 Å². The van der Waals surface area contributed by atoms with Crippen LogP contribution in [-0.4, -0.2) is 32.4 Å². The van der Waals surface area contributed by atoms with Gasteiger partial charge in [-0.3, -0.25) is 0 Å². The van der Waals surface area contributed by atoms with E-state index in [1.807, 2.05) is 6.07 Å². The van der Waals surface area contributed by atoms with Crippen LogP contribution in [0.4, 0.5) is 19.0 Å². The normalized spacial score (nSPS) is 15.6. The molecule has 9 heteroatoms. The number of rotatable bonds is 6. The lowest BCUT2D eigenvalue weighted by molar-refractivity contribution is -0.197. The smallest absolute Gasteiger partial charge is 0.306 e. The van der Waals surface area contributed by atoms with Gasteiger partial charge in [-0.15, -0.1) is 0 Å². The summed E-state index contributed by atoms with van der Waals surface area (Å²) in [5.41, 5.74) is -0.538. The summed E-state index contributed by atoms with van der Waals surface area (Å²) in [7, 11) is 0. The number of benzene rings is 2. The molecule has 2 aromatic carbocycles. The summed E-state index contributed by atoms with van der Waals surface area (Å²) >= 11 is 3.61. The zero-order chi connectivity index (χ0) is 23.3. The number of hydrogen-bond acceptors (Lipinski definition) is 5. The molecule has 1 aliphatic rings. The lowest BCUT2D eigenvalue weighted by atomic mass is 9.91. The van der Waals surface area contributed by atoms with Gasteiger partial charge in [-0.1, -0.05) is 28.1 Å². The molecule has 170 valence electrons. The molecule has 3 N–H and O–H groups in total. The monoisotopic (exact) mass is 509 g/mol. The molecule has 0 bridgehead atoms. The van der Waals surface area contributed by atoms with Crippen LogP contribution in [0.5, 0.6) is 0 Å². The van der Waals surface area contributed by atoms with Crippen LogP contribution in [0.15, 0.2) is 28.7 Å². The van der Waals surface area contributed by atoms with Gasteiger partial charge in [0.1, 0.15) is 17.5 Å². The van der Waals surface area contributed by atoms with E-state index in [1.165, 1.54) is 23.3 Å². The number of aryl methyl sites for hydroxylation is 2. The summed E-state index contributed by atoms with van der Waals surface area (Å²) in [4.78, 5) is 9.06. The predicted molar refractivity (Wildman–Crippen MR) is 119 cm³/mol. The fourth-order valence-corrected chi connectivity index (χ4v) is 4.76. The van der Waals surface area contributed by atoms with Crippen molar-refractivity contribution in [2.45, 2.75) is 51.2 Å². The van der Waals surface area contributed by atoms with Crippen LogP contribution in [0.25, 0.3) is 10.9 Å². The molecule has 0 radical (unpaired) electrons. The van der Waals surface area contributed by atoms with Crippen molar-refractivity contribution < 1.29 is 23.4 Å². The van der Waals surface area contributed by atoms with Gasteiger partial charge in [0.2, 0.25) is 0 Å². The lowest BCUT2D eigenvalue weighted by Gasteiger charge is -2.31. The lowest BCUT2D eigenvalue weighted by Crippen LogP contribution is -2.47.